The molecule has 1 aliphatic heterocycles. The van der Waals surface area contributed by atoms with Crippen molar-refractivity contribution in [2.24, 2.45) is 0 Å². The van der Waals surface area contributed by atoms with Crippen LogP contribution in [0.1, 0.15) is 38.1 Å². The van der Waals surface area contributed by atoms with Gasteiger partial charge in [0.2, 0.25) is 5.13 Å². The van der Waals surface area contributed by atoms with Crippen LogP contribution in [0.4, 0.5) is 9.52 Å². The van der Waals surface area contributed by atoms with E-state index in [2.05, 4.69) is 33.4 Å². The maximum Gasteiger partial charge on any atom is 0.202 e. The van der Waals surface area contributed by atoms with Gasteiger partial charge in [0.25, 0.3) is 0 Å². The Balaban J connectivity index is 1.51. The van der Waals surface area contributed by atoms with Gasteiger partial charge < -0.3 is 10.2 Å². The van der Waals surface area contributed by atoms with E-state index in [0.717, 1.165) is 36.0 Å². The second-order valence-corrected chi connectivity index (χ2v) is 7.81. The molecule has 4 nitrogen and oxygen atoms in total. The van der Waals surface area contributed by atoms with Crippen molar-refractivity contribution in [2.45, 2.75) is 38.5 Å². The third-order valence-electron chi connectivity index (χ3n) is 4.63. The SMILES string of the molecule is CC(C)(CNc1nc(CCN2CCCC2)ns1)c1ccc(F)cc1. The molecule has 0 spiro atoms. The number of anilines is 1. The lowest BCUT2D eigenvalue weighted by Gasteiger charge is -2.25. The van der Waals surface area contributed by atoms with Crippen molar-refractivity contribution < 1.29 is 4.39 Å². The molecule has 2 heterocycles. The van der Waals surface area contributed by atoms with Crippen LogP contribution in [0.5, 0.6) is 0 Å². The first-order valence-electron chi connectivity index (χ1n) is 8.58. The maximum atomic E-state index is 13.1. The van der Waals surface area contributed by atoms with Gasteiger partial charge in [0.1, 0.15) is 11.6 Å². The van der Waals surface area contributed by atoms with E-state index < -0.39 is 0 Å². The molecule has 6 heteroatoms. The zero-order valence-corrected chi connectivity index (χ0v) is 15.2. The molecule has 0 amide bonds. The van der Waals surface area contributed by atoms with Crippen LogP contribution in [-0.4, -0.2) is 40.4 Å². The molecule has 0 aliphatic carbocycles. The summed E-state index contributed by atoms with van der Waals surface area (Å²) >= 11 is 1.42. The van der Waals surface area contributed by atoms with E-state index in [1.54, 1.807) is 0 Å². The van der Waals surface area contributed by atoms with Crippen LogP contribution in [0.3, 0.4) is 0 Å². The Kier molecular flexibility index (Phi) is 5.46. The fourth-order valence-electron chi connectivity index (χ4n) is 2.99. The predicted octanol–water partition coefficient (Wildman–Crippen LogP) is 3.71. The molecule has 1 N–H and O–H groups in total. The minimum absolute atomic E-state index is 0.102. The minimum atomic E-state index is -0.200. The van der Waals surface area contributed by atoms with Crippen LogP contribution in [0, 0.1) is 5.82 Å². The Morgan fingerprint density at radius 1 is 1.21 bits per heavy atom. The number of benzene rings is 1. The summed E-state index contributed by atoms with van der Waals surface area (Å²) in [5.41, 5.74) is 1.00. The first-order valence-corrected chi connectivity index (χ1v) is 9.35. The molecular weight excluding hydrogens is 323 g/mol. The van der Waals surface area contributed by atoms with E-state index in [4.69, 9.17) is 0 Å². The number of likely N-dealkylation sites (tertiary alicyclic amines) is 1. The number of nitrogens with one attached hydrogen (secondary N) is 1. The smallest absolute Gasteiger partial charge is 0.202 e. The van der Waals surface area contributed by atoms with E-state index in [9.17, 15) is 4.39 Å². The van der Waals surface area contributed by atoms with Crippen molar-refractivity contribution in [3.8, 4) is 0 Å². The maximum absolute atomic E-state index is 13.1. The van der Waals surface area contributed by atoms with E-state index in [1.807, 2.05) is 12.1 Å². The van der Waals surface area contributed by atoms with Crippen LogP contribution < -0.4 is 5.32 Å². The monoisotopic (exact) mass is 348 g/mol. The molecule has 1 aliphatic rings. The highest BCUT2D eigenvalue weighted by atomic mass is 32.1. The van der Waals surface area contributed by atoms with Crippen LogP contribution in [-0.2, 0) is 11.8 Å². The molecule has 0 saturated carbocycles. The lowest BCUT2D eigenvalue weighted by atomic mass is 9.85. The van der Waals surface area contributed by atoms with Crippen molar-refractivity contribution in [1.82, 2.24) is 14.3 Å². The third kappa shape index (κ3) is 4.51. The Hall–Kier alpha value is -1.53. The Morgan fingerprint density at radius 2 is 1.92 bits per heavy atom. The van der Waals surface area contributed by atoms with Gasteiger partial charge in [0.05, 0.1) is 0 Å². The van der Waals surface area contributed by atoms with Gasteiger partial charge >= 0.3 is 0 Å². The van der Waals surface area contributed by atoms with E-state index in [1.165, 1.54) is 49.6 Å². The van der Waals surface area contributed by atoms with Crippen LogP contribution >= 0.6 is 11.5 Å². The van der Waals surface area contributed by atoms with Crippen molar-refractivity contribution in [2.75, 3.05) is 31.5 Å². The zero-order valence-electron chi connectivity index (χ0n) is 14.4. The second kappa shape index (κ2) is 7.57. The van der Waals surface area contributed by atoms with E-state index in [-0.39, 0.29) is 11.2 Å². The van der Waals surface area contributed by atoms with Gasteiger partial charge in [0.15, 0.2) is 0 Å². The topological polar surface area (TPSA) is 41.1 Å². The Bertz CT molecular complexity index is 647. The minimum Gasteiger partial charge on any atom is -0.359 e. The average molecular weight is 348 g/mol. The molecule has 1 aromatic carbocycles. The molecule has 2 aromatic rings. The van der Waals surface area contributed by atoms with Gasteiger partial charge in [-0.05, 0) is 43.6 Å². The highest BCUT2D eigenvalue weighted by molar-refractivity contribution is 7.09. The Labute approximate surface area is 147 Å². The van der Waals surface area contributed by atoms with E-state index >= 15 is 0 Å². The molecule has 0 radical (unpaired) electrons. The molecule has 0 unspecified atom stereocenters. The van der Waals surface area contributed by atoms with Crippen LogP contribution in [0.15, 0.2) is 24.3 Å². The number of hydrogen-bond acceptors (Lipinski definition) is 5. The summed E-state index contributed by atoms with van der Waals surface area (Å²) in [5, 5.41) is 4.25. The number of aromatic nitrogens is 2. The molecule has 0 bridgehead atoms. The molecule has 3 rings (SSSR count). The molecule has 24 heavy (non-hydrogen) atoms. The molecule has 0 atom stereocenters. The summed E-state index contributed by atoms with van der Waals surface area (Å²) in [6, 6.07) is 6.72. The zero-order chi connectivity index (χ0) is 17.0. The first kappa shape index (κ1) is 17.3. The summed E-state index contributed by atoms with van der Waals surface area (Å²) < 4.78 is 17.5. The highest BCUT2D eigenvalue weighted by Gasteiger charge is 2.21. The normalized spacial score (nSPS) is 15.8. The predicted molar refractivity (Wildman–Crippen MR) is 97.2 cm³/mol. The molecule has 130 valence electrons. The second-order valence-electron chi connectivity index (χ2n) is 7.06. The average Bonchev–Trinajstić information content (AvgIpc) is 3.23. The summed E-state index contributed by atoms with van der Waals surface area (Å²) in [6.45, 7) is 8.49. The molecule has 1 saturated heterocycles. The number of halogens is 1. The van der Waals surface area contributed by atoms with Crippen molar-refractivity contribution in [3.05, 3.63) is 41.5 Å². The highest BCUT2D eigenvalue weighted by Crippen LogP contribution is 2.24. The van der Waals surface area contributed by atoms with Crippen molar-refractivity contribution in [3.63, 3.8) is 0 Å². The van der Waals surface area contributed by atoms with Crippen molar-refractivity contribution in [1.29, 1.82) is 0 Å². The van der Waals surface area contributed by atoms with Crippen LogP contribution in [0.25, 0.3) is 0 Å². The summed E-state index contributed by atoms with van der Waals surface area (Å²) in [5.74, 6) is 0.725. The quantitative estimate of drug-likeness (QED) is 0.828. The number of hydrogen-bond donors (Lipinski definition) is 1. The standard InChI is InChI=1S/C18H25FN4S/c1-18(2,14-5-7-15(19)8-6-14)13-20-17-21-16(22-24-17)9-12-23-10-3-4-11-23/h5-8H,3-4,9-13H2,1-2H3,(H,20,21,22). The fraction of sp³-hybridized carbons (Fsp3) is 0.556. The largest absolute Gasteiger partial charge is 0.359 e. The van der Waals surface area contributed by atoms with Gasteiger partial charge in [-0.1, -0.05) is 26.0 Å². The van der Waals surface area contributed by atoms with Crippen molar-refractivity contribution >= 4 is 16.7 Å². The lowest BCUT2D eigenvalue weighted by molar-refractivity contribution is 0.341. The molecule has 1 fully saturated rings. The summed E-state index contributed by atoms with van der Waals surface area (Å²) in [6.07, 6.45) is 3.55. The van der Waals surface area contributed by atoms with E-state index in [0.29, 0.717) is 0 Å². The van der Waals surface area contributed by atoms with Gasteiger partial charge in [-0.25, -0.2) is 9.37 Å². The van der Waals surface area contributed by atoms with Gasteiger partial charge in [-0.15, -0.1) is 0 Å². The number of rotatable bonds is 7. The lowest BCUT2D eigenvalue weighted by Crippen LogP contribution is -2.27. The third-order valence-corrected chi connectivity index (χ3v) is 5.34. The fourth-order valence-corrected chi connectivity index (χ4v) is 3.60. The number of nitrogens with zero attached hydrogens (tertiary/aromatic N) is 3. The van der Waals surface area contributed by atoms with Gasteiger partial charge in [0, 0.05) is 36.5 Å². The van der Waals surface area contributed by atoms with Gasteiger partial charge in [-0.3, -0.25) is 0 Å². The van der Waals surface area contributed by atoms with Crippen LogP contribution in [0.2, 0.25) is 0 Å². The first-order chi connectivity index (χ1) is 11.5. The molecular formula is C18H25FN4S. The summed E-state index contributed by atoms with van der Waals surface area (Å²) in [4.78, 5) is 7.07. The molecule has 1 aromatic heterocycles. The summed E-state index contributed by atoms with van der Waals surface area (Å²) in [7, 11) is 0. The Morgan fingerprint density at radius 3 is 2.62 bits per heavy atom. The van der Waals surface area contributed by atoms with Gasteiger partial charge in [-0.2, -0.15) is 4.37 Å².